The van der Waals surface area contributed by atoms with Crippen LogP contribution in [0.4, 0.5) is 0 Å². The van der Waals surface area contributed by atoms with E-state index in [2.05, 4.69) is 29.4 Å². The van der Waals surface area contributed by atoms with E-state index in [-0.39, 0.29) is 0 Å². The Kier molecular flexibility index (Phi) is 5.60. The largest absolute Gasteiger partial charge is 0.309 e. The molecular weight excluding hydrogens is 242 g/mol. The van der Waals surface area contributed by atoms with Crippen LogP contribution in [0.5, 0.6) is 0 Å². The number of nitrogens with one attached hydrogen (secondary N) is 1. The van der Waals surface area contributed by atoms with Crippen molar-refractivity contribution in [1.29, 1.82) is 0 Å². The highest BCUT2D eigenvalue weighted by atomic mass is 32.1. The lowest BCUT2D eigenvalue weighted by Crippen LogP contribution is -2.24. The van der Waals surface area contributed by atoms with E-state index >= 15 is 0 Å². The van der Waals surface area contributed by atoms with Crippen LogP contribution in [0.3, 0.4) is 0 Å². The maximum absolute atomic E-state index is 4.71. The summed E-state index contributed by atoms with van der Waals surface area (Å²) in [5, 5.41) is 6.99. The van der Waals surface area contributed by atoms with Gasteiger partial charge in [-0.15, -0.1) is 11.3 Å². The fourth-order valence-corrected chi connectivity index (χ4v) is 3.02. The second-order valence-corrected chi connectivity index (χ2v) is 6.16. The summed E-state index contributed by atoms with van der Waals surface area (Å²) in [6.45, 7) is 9.10. The first-order valence-corrected chi connectivity index (χ1v) is 8.05. The molecule has 1 aromatic heterocycles. The molecule has 1 aliphatic heterocycles. The Morgan fingerprint density at radius 3 is 2.94 bits per heavy atom. The predicted octanol–water partition coefficient (Wildman–Crippen LogP) is 2.67. The molecule has 18 heavy (non-hydrogen) atoms. The lowest BCUT2D eigenvalue weighted by Gasteiger charge is -2.12. The lowest BCUT2D eigenvalue weighted by molar-refractivity contribution is 0.343. The molecule has 1 aromatic rings. The van der Waals surface area contributed by atoms with Crippen LogP contribution in [0.25, 0.3) is 0 Å². The van der Waals surface area contributed by atoms with Gasteiger partial charge in [0.05, 0.1) is 10.7 Å². The molecule has 2 rings (SSSR count). The maximum atomic E-state index is 4.71. The minimum Gasteiger partial charge on any atom is -0.309 e. The Morgan fingerprint density at radius 2 is 2.22 bits per heavy atom. The highest BCUT2D eigenvalue weighted by Gasteiger charge is 2.12. The van der Waals surface area contributed by atoms with Crippen LogP contribution in [-0.4, -0.2) is 35.6 Å². The van der Waals surface area contributed by atoms with Gasteiger partial charge in [0.25, 0.3) is 0 Å². The zero-order valence-corrected chi connectivity index (χ0v) is 12.4. The third-order valence-corrected chi connectivity index (χ3v) is 4.64. The van der Waals surface area contributed by atoms with Crippen molar-refractivity contribution in [3.8, 4) is 0 Å². The molecule has 3 nitrogen and oxygen atoms in total. The van der Waals surface area contributed by atoms with Crippen LogP contribution in [0.1, 0.15) is 43.8 Å². The van der Waals surface area contributed by atoms with Gasteiger partial charge in [-0.1, -0.05) is 6.92 Å². The minimum absolute atomic E-state index is 0.583. The van der Waals surface area contributed by atoms with Crippen molar-refractivity contribution in [3.05, 3.63) is 16.1 Å². The SMILES string of the molecule is CCC(C)NCc1csc(CCN2CCCC2)n1. The van der Waals surface area contributed by atoms with E-state index in [4.69, 9.17) is 4.98 Å². The van der Waals surface area contributed by atoms with Gasteiger partial charge < -0.3 is 10.2 Å². The van der Waals surface area contributed by atoms with Gasteiger partial charge in [-0.2, -0.15) is 0 Å². The first-order chi connectivity index (χ1) is 8.78. The fourth-order valence-electron chi connectivity index (χ4n) is 2.23. The van der Waals surface area contributed by atoms with Crippen molar-refractivity contribution in [3.63, 3.8) is 0 Å². The van der Waals surface area contributed by atoms with Gasteiger partial charge in [-0.05, 0) is 39.3 Å². The monoisotopic (exact) mass is 267 g/mol. The Bertz CT molecular complexity index is 345. The van der Waals surface area contributed by atoms with Crippen LogP contribution in [0, 0.1) is 0 Å². The summed E-state index contributed by atoms with van der Waals surface area (Å²) < 4.78 is 0. The molecule has 2 heterocycles. The molecule has 0 amide bonds. The van der Waals surface area contributed by atoms with Gasteiger partial charge >= 0.3 is 0 Å². The molecule has 0 saturated carbocycles. The Balaban J connectivity index is 1.71. The number of hydrogen-bond acceptors (Lipinski definition) is 4. The molecule has 1 unspecified atom stereocenters. The van der Waals surface area contributed by atoms with E-state index in [9.17, 15) is 0 Å². The second kappa shape index (κ2) is 7.22. The van der Waals surface area contributed by atoms with Crippen molar-refractivity contribution in [2.45, 2.75) is 52.1 Å². The molecule has 1 aliphatic rings. The first kappa shape index (κ1) is 14.0. The van der Waals surface area contributed by atoms with E-state index in [1.165, 1.54) is 49.6 Å². The molecule has 0 aromatic carbocycles. The van der Waals surface area contributed by atoms with E-state index in [1.54, 1.807) is 0 Å². The number of likely N-dealkylation sites (tertiary alicyclic amines) is 1. The minimum atomic E-state index is 0.583. The highest BCUT2D eigenvalue weighted by Crippen LogP contribution is 2.13. The normalized spacial score (nSPS) is 18.3. The van der Waals surface area contributed by atoms with E-state index < -0.39 is 0 Å². The summed E-state index contributed by atoms with van der Waals surface area (Å²) in [5.74, 6) is 0. The van der Waals surface area contributed by atoms with Gasteiger partial charge in [0.1, 0.15) is 0 Å². The summed E-state index contributed by atoms with van der Waals surface area (Å²) in [6.07, 6.45) is 5.05. The zero-order valence-electron chi connectivity index (χ0n) is 11.6. The quantitative estimate of drug-likeness (QED) is 0.823. The summed E-state index contributed by atoms with van der Waals surface area (Å²) in [6, 6.07) is 0.583. The van der Waals surface area contributed by atoms with Gasteiger partial charge in [0.15, 0.2) is 0 Å². The molecule has 0 bridgehead atoms. The average Bonchev–Trinajstić information content (AvgIpc) is 3.04. The molecule has 1 N–H and O–H groups in total. The standard InChI is InChI=1S/C14H25N3S/c1-3-12(2)15-10-13-11-18-14(16-13)6-9-17-7-4-5-8-17/h11-12,15H,3-10H2,1-2H3. The number of hydrogen-bond donors (Lipinski definition) is 1. The average molecular weight is 267 g/mol. The summed E-state index contributed by atoms with van der Waals surface area (Å²) in [4.78, 5) is 7.26. The van der Waals surface area contributed by atoms with Crippen LogP contribution >= 0.6 is 11.3 Å². The van der Waals surface area contributed by atoms with Gasteiger partial charge in [0.2, 0.25) is 0 Å². The van der Waals surface area contributed by atoms with Gasteiger partial charge in [-0.3, -0.25) is 0 Å². The lowest BCUT2D eigenvalue weighted by atomic mass is 10.2. The van der Waals surface area contributed by atoms with Gasteiger partial charge in [0, 0.05) is 30.9 Å². The van der Waals surface area contributed by atoms with Crippen molar-refractivity contribution >= 4 is 11.3 Å². The van der Waals surface area contributed by atoms with Crippen molar-refractivity contribution in [2.24, 2.45) is 0 Å². The predicted molar refractivity (Wildman–Crippen MR) is 78.1 cm³/mol. The van der Waals surface area contributed by atoms with Crippen LogP contribution in [0.2, 0.25) is 0 Å². The zero-order chi connectivity index (χ0) is 12.8. The summed E-state index contributed by atoms with van der Waals surface area (Å²) in [7, 11) is 0. The molecule has 1 saturated heterocycles. The smallest absolute Gasteiger partial charge is 0.0941 e. The Hall–Kier alpha value is -0.450. The van der Waals surface area contributed by atoms with Crippen molar-refractivity contribution in [2.75, 3.05) is 19.6 Å². The summed E-state index contributed by atoms with van der Waals surface area (Å²) >= 11 is 1.81. The molecule has 1 fully saturated rings. The first-order valence-electron chi connectivity index (χ1n) is 7.17. The van der Waals surface area contributed by atoms with E-state index in [1.807, 2.05) is 11.3 Å². The number of thiazole rings is 1. The van der Waals surface area contributed by atoms with Crippen LogP contribution < -0.4 is 5.32 Å². The topological polar surface area (TPSA) is 28.2 Å². The van der Waals surface area contributed by atoms with Crippen LogP contribution in [0.15, 0.2) is 5.38 Å². The van der Waals surface area contributed by atoms with E-state index in [0.29, 0.717) is 6.04 Å². The van der Waals surface area contributed by atoms with E-state index in [0.717, 1.165) is 13.0 Å². The molecule has 102 valence electrons. The number of rotatable bonds is 7. The molecule has 0 spiro atoms. The fraction of sp³-hybridized carbons (Fsp3) is 0.786. The third kappa shape index (κ3) is 4.34. The maximum Gasteiger partial charge on any atom is 0.0941 e. The molecule has 1 atom stereocenters. The molecule has 4 heteroatoms. The Morgan fingerprint density at radius 1 is 1.44 bits per heavy atom. The van der Waals surface area contributed by atoms with Crippen LogP contribution in [-0.2, 0) is 13.0 Å². The summed E-state index contributed by atoms with van der Waals surface area (Å²) in [5.41, 5.74) is 1.21. The molecule has 0 radical (unpaired) electrons. The Labute approximate surface area is 115 Å². The van der Waals surface area contributed by atoms with Gasteiger partial charge in [-0.25, -0.2) is 4.98 Å². The number of aromatic nitrogens is 1. The highest BCUT2D eigenvalue weighted by molar-refractivity contribution is 7.09. The second-order valence-electron chi connectivity index (χ2n) is 5.22. The van der Waals surface area contributed by atoms with Crippen molar-refractivity contribution in [1.82, 2.24) is 15.2 Å². The number of nitrogens with zero attached hydrogens (tertiary/aromatic N) is 2. The third-order valence-electron chi connectivity index (χ3n) is 3.68. The molecule has 0 aliphatic carbocycles. The van der Waals surface area contributed by atoms with Crippen molar-refractivity contribution < 1.29 is 0 Å². The molecular formula is C14H25N3S.